The summed E-state index contributed by atoms with van der Waals surface area (Å²) in [6.45, 7) is -0.795. The quantitative estimate of drug-likeness (QED) is 0.524. The predicted octanol–water partition coefficient (Wildman–Crippen LogP) is 2.16. The SMILES string of the molecule is O=C1CCCN1C1CN(c2nc(NC3CC(O)C3)nc3c2cnn3-c2cccc(OC(F)F)c2)C1. The second-order valence-corrected chi connectivity index (χ2v) is 9.26. The van der Waals surface area contributed by atoms with Gasteiger partial charge in [0.25, 0.3) is 0 Å². The second kappa shape index (κ2) is 8.59. The maximum Gasteiger partial charge on any atom is 0.387 e. The molecule has 1 aromatic carbocycles. The average Bonchev–Trinajstić information content (AvgIpc) is 3.38. The highest BCUT2D eigenvalue weighted by atomic mass is 19.3. The van der Waals surface area contributed by atoms with Crippen LogP contribution in [0.5, 0.6) is 5.75 Å². The Morgan fingerprint density at radius 2 is 2.03 bits per heavy atom. The molecule has 35 heavy (non-hydrogen) atoms. The molecule has 1 amide bonds. The van der Waals surface area contributed by atoms with Gasteiger partial charge in [0.1, 0.15) is 11.6 Å². The smallest absolute Gasteiger partial charge is 0.387 e. The number of amides is 1. The number of carbonyl (C=O) groups excluding carboxylic acids is 1. The molecule has 1 saturated carbocycles. The second-order valence-electron chi connectivity index (χ2n) is 9.26. The molecular weight excluding hydrogens is 460 g/mol. The number of anilines is 2. The van der Waals surface area contributed by atoms with Crippen LogP contribution < -0.4 is 15.0 Å². The largest absolute Gasteiger partial charge is 0.435 e. The van der Waals surface area contributed by atoms with Crippen molar-refractivity contribution in [1.82, 2.24) is 24.6 Å². The molecule has 3 aromatic rings. The van der Waals surface area contributed by atoms with E-state index in [0.29, 0.717) is 55.5 Å². The van der Waals surface area contributed by atoms with E-state index in [1.54, 1.807) is 23.0 Å². The number of rotatable bonds is 7. The molecule has 0 bridgehead atoms. The van der Waals surface area contributed by atoms with Gasteiger partial charge in [0, 0.05) is 38.2 Å². The lowest BCUT2D eigenvalue weighted by Crippen LogP contribution is -2.60. The minimum absolute atomic E-state index is 0.0260. The number of ether oxygens (including phenoxy) is 1. The normalized spacial score (nSPS) is 22.6. The third-order valence-corrected chi connectivity index (χ3v) is 6.85. The summed E-state index contributed by atoms with van der Waals surface area (Å²) in [6.07, 6.45) is 4.08. The Labute approximate surface area is 199 Å². The Balaban J connectivity index is 1.34. The highest BCUT2D eigenvalue weighted by molar-refractivity contribution is 5.90. The van der Waals surface area contributed by atoms with E-state index in [0.717, 1.165) is 18.4 Å². The Kier molecular flexibility index (Phi) is 5.39. The Morgan fingerprint density at radius 3 is 2.74 bits per heavy atom. The number of nitrogens with zero attached hydrogens (tertiary/aromatic N) is 6. The van der Waals surface area contributed by atoms with Gasteiger partial charge in [0.15, 0.2) is 5.65 Å². The Bertz CT molecular complexity index is 1260. The summed E-state index contributed by atoms with van der Waals surface area (Å²) in [5.41, 5.74) is 1.05. The molecule has 6 rings (SSSR count). The molecule has 10 nitrogen and oxygen atoms in total. The summed E-state index contributed by atoms with van der Waals surface area (Å²) in [4.78, 5) is 25.6. The van der Waals surface area contributed by atoms with Crippen molar-refractivity contribution in [2.24, 2.45) is 0 Å². The lowest BCUT2D eigenvalue weighted by molar-refractivity contribution is -0.130. The maximum atomic E-state index is 12.7. The number of aromatic nitrogens is 4. The van der Waals surface area contributed by atoms with Crippen LogP contribution in [0.1, 0.15) is 25.7 Å². The molecule has 0 spiro atoms. The van der Waals surface area contributed by atoms with Gasteiger partial charge in [-0.2, -0.15) is 23.8 Å². The first-order valence-corrected chi connectivity index (χ1v) is 11.7. The summed E-state index contributed by atoms with van der Waals surface area (Å²) in [7, 11) is 0. The van der Waals surface area contributed by atoms with Gasteiger partial charge in [0.2, 0.25) is 11.9 Å². The summed E-state index contributed by atoms with van der Waals surface area (Å²) < 4.78 is 31.6. The van der Waals surface area contributed by atoms with Crippen molar-refractivity contribution < 1.29 is 23.4 Å². The van der Waals surface area contributed by atoms with Crippen LogP contribution in [0.15, 0.2) is 30.5 Å². The van der Waals surface area contributed by atoms with Crippen molar-refractivity contribution in [3.63, 3.8) is 0 Å². The van der Waals surface area contributed by atoms with E-state index in [1.165, 1.54) is 12.1 Å². The first kappa shape index (κ1) is 22.0. The number of hydrogen-bond acceptors (Lipinski definition) is 8. The molecule has 2 N–H and O–H groups in total. The minimum Gasteiger partial charge on any atom is -0.435 e. The lowest BCUT2D eigenvalue weighted by Gasteiger charge is -2.44. The molecule has 4 heterocycles. The first-order chi connectivity index (χ1) is 16.9. The van der Waals surface area contributed by atoms with Gasteiger partial charge in [0.05, 0.1) is 29.4 Å². The topological polar surface area (TPSA) is 109 Å². The molecule has 0 radical (unpaired) electrons. The van der Waals surface area contributed by atoms with Crippen LogP contribution in [0.4, 0.5) is 20.5 Å². The zero-order valence-corrected chi connectivity index (χ0v) is 18.8. The molecule has 3 aliphatic rings. The van der Waals surface area contributed by atoms with Gasteiger partial charge in [-0.3, -0.25) is 4.79 Å². The van der Waals surface area contributed by atoms with E-state index < -0.39 is 6.61 Å². The zero-order chi connectivity index (χ0) is 24.1. The van der Waals surface area contributed by atoms with Crippen molar-refractivity contribution >= 4 is 28.7 Å². The molecule has 2 aromatic heterocycles. The number of alkyl halides is 2. The van der Waals surface area contributed by atoms with E-state index in [4.69, 9.17) is 4.98 Å². The molecule has 12 heteroatoms. The summed E-state index contributed by atoms with van der Waals surface area (Å²) in [6, 6.07) is 6.52. The summed E-state index contributed by atoms with van der Waals surface area (Å²) in [5.74, 6) is 1.34. The fourth-order valence-electron chi connectivity index (χ4n) is 4.95. The number of nitrogens with one attached hydrogen (secondary N) is 1. The number of halogens is 2. The molecule has 3 fully saturated rings. The monoisotopic (exact) mass is 485 g/mol. The van der Waals surface area contributed by atoms with E-state index >= 15 is 0 Å². The van der Waals surface area contributed by atoms with Crippen molar-refractivity contribution in [2.75, 3.05) is 29.9 Å². The van der Waals surface area contributed by atoms with Crippen LogP contribution in [0.2, 0.25) is 0 Å². The van der Waals surface area contributed by atoms with Crippen molar-refractivity contribution in [2.45, 2.75) is 50.5 Å². The number of likely N-dealkylation sites (tertiary alicyclic amines) is 1. The van der Waals surface area contributed by atoms with Crippen molar-refractivity contribution in [3.8, 4) is 11.4 Å². The van der Waals surface area contributed by atoms with Crippen LogP contribution >= 0.6 is 0 Å². The highest BCUT2D eigenvalue weighted by Crippen LogP contribution is 2.33. The van der Waals surface area contributed by atoms with Crippen molar-refractivity contribution in [1.29, 1.82) is 0 Å². The fourth-order valence-corrected chi connectivity index (χ4v) is 4.95. The van der Waals surface area contributed by atoms with Gasteiger partial charge in [-0.1, -0.05) is 6.07 Å². The van der Waals surface area contributed by atoms with Gasteiger partial charge < -0.3 is 25.0 Å². The van der Waals surface area contributed by atoms with E-state index in [9.17, 15) is 18.7 Å². The third-order valence-electron chi connectivity index (χ3n) is 6.85. The first-order valence-electron chi connectivity index (χ1n) is 11.7. The third kappa shape index (κ3) is 4.11. The maximum absolute atomic E-state index is 12.7. The number of benzene rings is 1. The van der Waals surface area contributed by atoms with Gasteiger partial charge in [-0.05, 0) is 31.4 Å². The molecule has 0 unspecified atom stereocenters. The van der Waals surface area contributed by atoms with Gasteiger partial charge >= 0.3 is 6.61 Å². The fraction of sp³-hybridized carbons (Fsp3) is 0.478. The minimum atomic E-state index is -2.93. The van der Waals surface area contributed by atoms with E-state index in [2.05, 4.69) is 25.0 Å². The van der Waals surface area contributed by atoms with Gasteiger partial charge in [-0.15, -0.1) is 0 Å². The summed E-state index contributed by atoms with van der Waals surface area (Å²) >= 11 is 0. The Hall–Kier alpha value is -3.54. The zero-order valence-electron chi connectivity index (χ0n) is 18.8. The van der Waals surface area contributed by atoms with Crippen LogP contribution in [-0.4, -0.2) is 80.1 Å². The number of carbonyl (C=O) groups is 1. The number of aliphatic hydroxyl groups excluding tert-OH is 1. The van der Waals surface area contributed by atoms with Gasteiger partial charge in [-0.25, -0.2) is 4.68 Å². The van der Waals surface area contributed by atoms with Crippen LogP contribution in [0.3, 0.4) is 0 Å². The number of hydrogen-bond donors (Lipinski definition) is 2. The molecule has 184 valence electrons. The molecule has 2 aliphatic heterocycles. The van der Waals surface area contributed by atoms with Crippen LogP contribution in [-0.2, 0) is 4.79 Å². The highest BCUT2D eigenvalue weighted by Gasteiger charge is 2.38. The van der Waals surface area contributed by atoms with E-state index in [-0.39, 0.29) is 29.8 Å². The summed E-state index contributed by atoms with van der Waals surface area (Å²) in [5, 5.41) is 18.1. The molecule has 0 atom stereocenters. The van der Waals surface area contributed by atoms with E-state index in [1.807, 2.05) is 4.90 Å². The predicted molar refractivity (Wildman–Crippen MR) is 123 cm³/mol. The lowest BCUT2D eigenvalue weighted by atomic mass is 9.90. The Morgan fingerprint density at radius 1 is 1.20 bits per heavy atom. The van der Waals surface area contributed by atoms with Crippen LogP contribution in [0, 0.1) is 0 Å². The van der Waals surface area contributed by atoms with Crippen LogP contribution in [0.25, 0.3) is 16.7 Å². The molecule has 2 saturated heterocycles. The standard InChI is InChI=1S/C23H25F2N7O3/c24-22(25)35-17-4-1-3-14(9-17)32-21-18(10-26-32)20(28-23(29-21)27-13-7-16(33)8-13)30-11-15(12-30)31-6-2-5-19(31)34/h1,3-4,9-10,13,15-16,22,33H,2,5-8,11-12H2,(H,27,28,29). The molecule has 1 aliphatic carbocycles. The average molecular weight is 485 g/mol. The number of fused-ring (bicyclic) bond motifs is 1. The van der Waals surface area contributed by atoms with Crippen molar-refractivity contribution in [3.05, 3.63) is 30.5 Å². The molecular formula is C23H25F2N7O3. The number of aliphatic hydroxyl groups is 1.